The highest BCUT2D eigenvalue weighted by molar-refractivity contribution is 7.86. The molecule has 0 spiro atoms. The van der Waals surface area contributed by atoms with Crippen LogP contribution in [0.25, 0.3) is 11.5 Å². The van der Waals surface area contributed by atoms with Crippen LogP contribution in [-0.4, -0.2) is 54.6 Å². The summed E-state index contributed by atoms with van der Waals surface area (Å²) >= 11 is -1.69. The highest BCUT2D eigenvalue weighted by Crippen LogP contribution is 2.29. The molecule has 1 atom stereocenters. The molecule has 13 heteroatoms. The van der Waals surface area contributed by atoms with Crippen LogP contribution >= 0.6 is 0 Å². The maximum atomic E-state index is 15.0. The van der Waals surface area contributed by atoms with Crippen LogP contribution < -0.4 is 9.04 Å². The maximum Gasteiger partial charge on any atom is 0.314 e. The molecular weight excluding hydrogens is 493 g/mol. The highest BCUT2D eigenvalue weighted by atomic mass is 32.2. The first kappa shape index (κ1) is 24.4. The molecule has 0 amide bonds. The third-order valence-corrected chi connectivity index (χ3v) is 7.93. The van der Waals surface area contributed by atoms with E-state index in [1.54, 1.807) is 28.6 Å². The molecule has 2 heterocycles. The Bertz CT molecular complexity index is 1200. The van der Waals surface area contributed by atoms with Crippen molar-refractivity contribution in [1.82, 2.24) is 14.5 Å². The largest absolute Gasteiger partial charge is 0.497 e. The zero-order valence-corrected chi connectivity index (χ0v) is 19.7. The molecule has 0 aliphatic carbocycles. The minimum absolute atomic E-state index is 0.0579. The van der Waals surface area contributed by atoms with Crippen molar-refractivity contribution < 1.29 is 30.7 Å². The first-order valence-corrected chi connectivity index (χ1v) is 12.7. The van der Waals surface area contributed by atoms with Crippen molar-refractivity contribution >= 4 is 27.7 Å². The fourth-order valence-electron chi connectivity index (χ4n) is 3.32. The SMILES string of the molecule is COc1cccc(N(Cc2ccc(-c3nnc(C(F)F)o3)cc2F)S(=O)N2CCS(=O)CC2)c1. The van der Waals surface area contributed by atoms with E-state index in [0.29, 0.717) is 36.0 Å². The Morgan fingerprint density at radius 1 is 1.21 bits per heavy atom. The summed E-state index contributed by atoms with van der Waals surface area (Å²) in [6.07, 6.45) is -2.93. The molecule has 1 aromatic heterocycles. The summed E-state index contributed by atoms with van der Waals surface area (Å²) in [5.74, 6) is -0.367. The van der Waals surface area contributed by atoms with Crippen LogP contribution in [0, 0.1) is 5.82 Å². The van der Waals surface area contributed by atoms with E-state index >= 15 is 4.39 Å². The van der Waals surface area contributed by atoms with Gasteiger partial charge in [-0.15, -0.1) is 10.2 Å². The van der Waals surface area contributed by atoms with Crippen molar-refractivity contribution in [3.05, 3.63) is 59.7 Å². The summed E-state index contributed by atoms with van der Waals surface area (Å²) in [5, 5.41) is 6.79. The number of rotatable bonds is 8. The molecule has 1 fully saturated rings. The molecule has 182 valence electrons. The van der Waals surface area contributed by atoms with Crippen LogP contribution in [0.3, 0.4) is 0 Å². The number of hydrogen-bond acceptors (Lipinski definition) is 6. The van der Waals surface area contributed by atoms with Gasteiger partial charge in [-0.3, -0.25) is 8.51 Å². The van der Waals surface area contributed by atoms with Gasteiger partial charge in [-0.1, -0.05) is 12.1 Å². The minimum atomic E-state index is -2.93. The fraction of sp³-hybridized carbons (Fsp3) is 0.333. The monoisotopic (exact) mass is 514 g/mol. The van der Waals surface area contributed by atoms with E-state index in [0.717, 1.165) is 6.07 Å². The van der Waals surface area contributed by atoms with Gasteiger partial charge in [0.1, 0.15) is 11.6 Å². The summed E-state index contributed by atoms with van der Waals surface area (Å²) in [6, 6.07) is 10.9. The average molecular weight is 515 g/mol. The molecule has 3 aromatic rings. The van der Waals surface area contributed by atoms with Crippen LogP contribution in [0.4, 0.5) is 18.9 Å². The van der Waals surface area contributed by atoms with E-state index in [9.17, 15) is 17.2 Å². The number of nitrogens with zero attached hydrogens (tertiary/aromatic N) is 4. The fourth-order valence-corrected chi connectivity index (χ4v) is 5.92. The molecule has 1 aliphatic heterocycles. The third kappa shape index (κ3) is 5.47. The van der Waals surface area contributed by atoms with Gasteiger partial charge in [0.25, 0.3) is 5.89 Å². The van der Waals surface area contributed by atoms with Gasteiger partial charge in [-0.2, -0.15) is 8.78 Å². The Balaban J connectivity index is 1.62. The Morgan fingerprint density at radius 3 is 2.62 bits per heavy atom. The van der Waals surface area contributed by atoms with Gasteiger partial charge in [0, 0.05) is 52.6 Å². The van der Waals surface area contributed by atoms with Crippen LogP contribution in [0.15, 0.2) is 46.9 Å². The third-order valence-electron chi connectivity index (χ3n) is 5.13. The second-order valence-electron chi connectivity index (χ2n) is 7.30. The van der Waals surface area contributed by atoms with E-state index < -0.39 is 40.1 Å². The lowest BCUT2D eigenvalue weighted by atomic mass is 10.1. The summed E-state index contributed by atoms with van der Waals surface area (Å²) in [6.45, 7) is 0.701. The molecule has 8 nitrogen and oxygen atoms in total. The van der Waals surface area contributed by atoms with Gasteiger partial charge in [-0.25, -0.2) is 12.9 Å². The number of halogens is 3. The minimum Gasteiger partial charge on any atom is -0.497 e. The van der Waals surface area contributed by atoms with Crippen LogP contribution in [0.1, 0.15) is 17.9 Å². The van der Waals surface area contributed by atoms with Crippen molar-refractivity contribution in [3.63, 3.8) is 0 Å². The smallest absolute Gasteiger partial charge is 0.314 e. The lowest BCUT2D eigenvalue weighted by molar-refractivity contribution is 0.116. The molecule has 0 radical (unpaired) electrons. The standard InChI is InChI=1S/C21H21F3N4O4S2/c1-31-17-4-2-3-16(12-17)28(34(30)27-7-9-33(29)10-8-27)13-15-6-5-14(11-18(15)22)20-25-26-21(32-20)19(23)24/h2-6,11-12,19H,7-10,13H2,1H3. The summed E-state index contributed by atoms with van der Waals surface area (Å²) < 4.78 is 79.0. The first-order chi connectivity index (χ1) is 16.4. The molecule has 1 aliphatic rings. The first-order valence-electron chi connectivity index (χ1n) is 10.2. The predicted molar refractivity (Wildman–Crippen MR) is 121 cm³/mol. The molecule has 0 saturated carbocycles. The normalized spacial score (nSPS) is 16.0. The van der Waals surface area contributed by atoms with Gasteiger partial charge in [0.2, 0.25) is 5.89 Å². The Morgan fingerprint density at radius 2 is 1.97 bits per heavy atom. The van der Waals surface area contributed by atoms with Gasteiger partial charge in [0.15, 0.2) is 11.2 Å². The topological polar surface area (TPSA) is 88.8 Å². The maximum absolute atomic E-state index is 15.0. The van der Waals surface area contributed by atoms with E-state index in [-0.39, 0.29) is 23.6 Å². The van der Waals surface area contributed by atoms with Crippen molar-refractivity contribution in [3.8, 4) is 17.2 Å². The van der Waals surface area contributed by atoms with Gasteiger partial charge in [0.05, 0.1) is 19.3 Å². The zero-order chi connectivity index (χ0) is 24.2. The number of hydrogen-bond donors (Lipinski definition) is 0. The Labute approximate surface area is 198 Å². The number of aromatic nitrogens is 2. The lowest BCUT2D eigenvalue weighted by Crippen LogP contribution is -2.45. The molecule has 1 unspecified atom stereocenters. The van der Waals surface area contributed by atoms with Gasteiger partial charge in [-0.05, 0) is 24.3 Å². The van der Waals surface area contributed by atoms with E-state index in [1.165, 1.54) is 23.5 Å². The van der Waals surface area contributed by atoms with E-state index in [2.05, 4.69) is 10.2 Å². The number of benzene rings is 2. The Kier molecular flexibility index (Phi) is 7.63. The van der Waals surface area contributed by atoms with Crippen molar-refractivity contribution in [2.45, 2.75) is 13.0 Å². The highest BCUT2D eigenvalue weighted by Gasteiger charge is 2.27. The number of ether oxygens (including phenoxy) is 1. The lowest BCUT2D eigenvalue weighted by Gasteiger charge is -2.32. The van der Waals surface area contributed by atoms with Gasteiger partial charge >= 0.3 is 6.43 Å². The molecule has 2 aromatic carbocycles. The summed E-state index contributed by atoms with van der Waals surface area (Å²) in [5.41, 5.74) is 0.911. The number of anilines is 1. The van der Waals surface area contributed by atoms with Crippen LogP contribution in [0.5, 0.6) is 5.75 Å². The molecular formula is C21H21F3N4O4S2. The van der Waals surface area contributed by atoms with Crippen molar-refractivity contribution in [2.24, 2.45) is 0 Å². The second kappa shape index (κ2) is 10.7. The van der Waals surface area contributed by atoms with Crippen LogP contribution in [-0.2, 0) is 28.5 Å². The number of methoxy groups -OCH3 is 1. The average Bonchev–Trinajstić information content (AvgIpc) is 3.34. The van der Waals surface area contributed by atoms with E-state index in [1.807, 2.05) is 0 Å². The zero-order valence-electron chi connectivity index (χ0n) is 18.0. The number of alkyl halides is 2. The summed E-state index contributed by atoms with van der Waals surface area (Å²) in [4.78, 5) is 0. The van der Waals surface area contributed by atoms with Crippen molar-refractivity contribution in [1.29, 1.82) is 0 Å². The Hall–Kier alpha value is -2.77. The summed E-state index contributed by atoms with van der Waals surface area (Å²) in [7, 11) is 0.564. The van der Waals surface area contributed by atoms with E-state index in [4.69, 9.17) is 9.15 Å². The second-order valence-corrected chi connectivity index (χ2v) is 10.4. The molecule has 0 bridgehead atoms. The van der Waals surface area contributed by atoms with Gasteiger partial charge < -0.3 is 9.15 Å². The molecule has 0 N–H and O–H groups in total. The molecule has 1 saturated heterocycles. The predicted octanol–water partition coefficient (Wildman–Crippen LogP) is 3.47. The van der Waals surface area contributed by atoms with Crippen molar-refractivity contribution in [2.75, 3.05) is 36.0 Å². The quantitative estimate of drug-likeness (QED) is 0.458. The molecule has 34 heavy (non-hydrogen) atoms. The molecule has 4 rings (SSSR count). The van der Waals surface area contributed by atoms with Crippen LogP contribution in [0.2, 0.25) is 0 Å².